The van der Waals surface area contributed by atoms with Gasteiger partial charge >= 0.3 is 0 Å². The van der Waals surface area contributed by atoms with Crippen molar-refractivity contribution in [3.05, 3.63) is 29.8 Å². The zero-order valence-corrected chi connectivity index (χ0v) is 13.5. The highest BCUT2D eigenvalue weighted by molar-refractivity contribution is 5.90. The van der Waals surface area contributed by atoms with Crippen LogP contribution in [0.3, 0.4) is 0 Å². The number of hydrogen-bond acceptors (Lipinski definition) is 1. The molecule has 1 unspecified atom stereocenters. The Kier molecular flexibility index (Phi) is 6.28. The highest BCUT2D eigenvalue weighted by atomic mass is 16.1. The van der Waals surface area contributed by atoms with E-state index in [0.29, 0.717) is 12.3 Å². The maximum absolute atomic E-state index is 12.0. The molecule has 1 saturated carbocycles. The molecule has 0 spiro atoms. The largest absolute Gasteiger partial charge is 0.326 e. The molecule has 1 aromatic carbocycles. The first-order valence-corrected chi connectivity index (χ1v) is 8.59. The normalized spacial score (nSPS) is 17.4. The summed E-state index contributed by atoms with van der Waals surface area (Å²) in [6, 6.07) is 8.32. The second-order valence-corrected chi connectivity index (χ2v) is 6.52. The van der Waals surface area contributed by atoms with Crippen molar-refractivity contribution in [2.45, 2.75) is 71.1 Å². The van der Waals surface area contributed by atoms with Crippen LogP contribution in [0.25, 0.3) is 0 Å². The van der Waals surface area contributed by atoms with Gasteiger partial charge in [-0.25, -0.2) is 0 Å². The van der Waals surface area contributed by atoms with Crippen LogP contribution >= 0.6 is 0 Å². The third-order valence-electron chi connectivity index (χ3n) is 4.88. The molecule has 0 aliphatic heterocycles. The number of rotatable bonds is 6. The average molecular weight is 287 g/mol. The Morgan fingerprint density at radius 2 is 1.86 bits per heavy atom. The Hall–Kier alpha value is -1.31. The fourth-order valence-electron chi connectivity index (χ4n) is 3.17. The Morgan fingerprint density at radius 3 is 2.48 bits per heavy atom. The average Bonchev–Trinajstić information content (AvgIpc) is 2.54. The first-order valence-electron chi connectivity index (χ1n) is 8.59. The fourth-order valence-corrected chi connectivity index (χ4v) is 3.17. The lowest BCUT2D eigenvalue weighted by Crippen LogP contribution is -2.14. The number of carbonyl (C=O) groups is 1. The minimum absolute atomic E-state index is 0.164. The molecule has 0 heterocycles. The van der Waals surface area contributed by atoms with E-state index in [1.54, 1.807) is 0 Å². The van der Waals surface area contributed by atoms with Crippen LogP contribution in [0.1, 0.15) is 76.7 Å². The van der Waals surface area contributed by atoms with E-state index in [4.69, 9.17) is 0 Å². The van der Waals surface area contributed by atoms with E-state index in [0.717, 1.165) is 24.4 Å². The molecule has 1 N–H and O–H groups in total. The van der Waals surface area contributed by atoms with E-state index in [2.05, 4.69) is 31.3 Å². The van der Waals surface area contributed by atoms with Crippen molar-refractivity contribution >= 4 is 11.6 Å². The van der Waals surface area contributed by atoms with Crippen LogP contribution in [-0.4, -0.2) is 5.91 Å². The van der Waals surface area contributed by atoms with Crippen molar-refractivity contribution in [1.82, 2.24) is 0 Å². The fraction of sp³-hybridized carbons (Fsp3) is 0.632. The third kappa shape index (κ3) is 5.18. The molecule has 21 heavy (non-hydrogen) atoms. The number of hydrogen-bond donors (Lipinski definition) is 1. The van der Waals surface area contributed by atoms with Gasteiger partial charge in [0.1, 0.15) is 0 Å². The molecule has 0 aromatic heterocycles. The summed E-state index contributed by atoms with van der Waals surface area (Å²) in [5.74, 6) is 1.52. The molecule has 0 saturated heterocycles. The summed E-state index contributed by atoms with van der Waals surface area (Å²) in [6.45, 7) is 4.43. The smallest absolute Gasteiger partial charge is 0.224 e. The molecule has 2 heteroatoms. The van der Waals surface area contributed by atoms with Gasteiger partial charge in [0.2, 0.25) is 5.91 Å². The van der Waals surface area contributed by atoms with Crippen LogP contribution in [0.5, 0.6) is 0 Å². The topological polar surface area (TPSA) is 29.1 Å². The van der Waals surface area contributed by atoms with Gasteiger partial charge in [0, 0.05) is 12.1 Å². The van der Waals surface area contributed by atoms with Crippen LogP contribution in [-0.2, 0) is 4.79 Å². The molecular formula is C19H29NO. The predicted molar refractivity (Wildman–Crippen MR) is 89.6 cm³/mol. The zero-order chi connectivity index (χ0) is 15.1. The summed E-state index contributed by atoms with van der Waals surface area (Å²) in [7, 11) is 0. The minimum atomic E-state index is 0.164. The zero-order valence-electron chi connectivity index (χ0n) is 13.5. The SMILES string of the molecule is CCC(C)c1ccc(NC(=O)CCC2CCCCC2)cc1. The van der Waals surface area contributed by atoms with Crippen molar-refractivity contribution in [1.29, 1.82) is 0 Å². The molecule has 1 aliphatic rings. The first-order chi connectivity index (χ1) is 10.2. The molecule has 1 aromatic rings. The molecule has 2 nitrogen and oxygen atoms in total. The number of benzene rings is 1. The summed E-state index contributed by atoms with van der Waals surface area (Å²) in [5, 5.41) is 3.03. The summed E-state index contributed by atoms with van der Waals surface area (Å²) in [5.41, 5.74) is 2.27. The van der Waals surface area contributed by atoms with Gasteiger partial charge in [-0.05, 0) is 42.4 Å². The van der Waals surface area contributed by atoms with Crippen LogP contribution in [0.15, 0.2) is 24.3 Å². The number of amides is 1. The summed E-state index contributed by atoms with van der Waals surface area (Å²) in [6.07, 6.45) is 9.58. The van der Waals surface area contributed by atoms with E-state index < -0.39 is 0 Å². The van der Waals surface area contributed by atoms with Crippen molar-refractivity contribution in [3.8, 4) is 0 Å². The molecule has 0 bridgehead atoms. The molecule has 1 amide bonds. The van der Waals surface area contributed by atoms with Gasteiger partial charge < -0.3 is 5.32 Å². The second-order valence-electron chi connectivity index (χ2n) is 6.52. The van der Waals surface area contributed by atoms with Gasteiger partial charge in [-0.1, -0.05) is 58.1 Å². The summed E-state index contributed by atoms with van der Waals surface area (Å²) < 4.78 is 0. The highest BCUT2D eigenvalue weighted by Gasteiger charge is 2.14. The molecule has 1 aliphatic carbocycles. The van der Waals surface area contributed by atoms with E-state index >= 15 is 0 Å². The maximum Gasteiger partial charge on any atom is 0.224 e. The van der Waals surface area contributed by atoms with Crippen molar-refractivity contribution in [2.24, 2.45) is 5.92 Å². The molecule has 116 valence electrons. The monoisotopic (exact) mass is 287 g/mol. The second kappa shape index (κ2) is 8.21. The van der Waals surface area contributed by atoms with Gasteiger partial charge in [-0.3, -0.25) is 4.79 Å². The molecule has 1 atom stereocenters. The third-order valence-corrected chi connectivity index (χ3v) is 4.88. The number of anilines is 1. The van der Waals surface area contributed by atoms with Crippen LogP contribution in [0, 0.1) is 5.92 Å². The Bertz CT molecular complexity index is 431. The molecule has 2 rings (SSSR count). The lowest BCUT2D eigenvalue weighted by atomic mass is 9.86. The molecule has 0 radical (unpaired) electrons. The summed E-state index contributed by atoms with van der Waals surface area (Å²) >= 11 is 0. The van der Waals surface area contributed by atoms with Crippen molar-refractivity contribution in [3.63, 3.8) is 0 Å². The van der Waals surface area contributed by atoms with E-state index in [-0.39, 0.29) is 5.91 Å². The highest BCUT2D eigenvalue weighted by Crippen LogP contribution is 2.27. The summed E-state index contributed by atoms with van der Waals surface area (Å²) in [4.78, 5) is 12.0. The number of carbonyl (C=O) groups excluding carboxylic acids is 1. The predicted octanol–water partition coefficient (Wildman–Crippen LogP) is 5.50. The van der Waals surface area contributed by atoms with Gasteiger partial charge in [-0.2, -0.15) is 0 Å². The van der Waals surface area contributed by atoms with Crippen LogP contribution in [0.2, 0.25) is 0 Å². The molecular weight excluding hydrogens is 258 g/mol. The van der Waals surface area contributed by atoms with Gasteiger partial charge in [0.05, 0.1) is 0 Å². The Balaban J connectivity index is 1.76. The van der Waals surface area contributed by atoms with Crippen molar-refractivity contribution in [2.75, 3.05) is 5.32 Å². The molecule has 1 fully saturated rings. The van der Waals surface area contributed by atoms with E-state index in [1.165, 1.54) is 37.7 Å². The lowest BCUT2D eigenvalue weighted by Gasteiger charge is -2.21. The Morgan fingerprint density at radius 1 is 1.19 bits per heavy atom. The number of nitrogens with one attached hydrogen (secondary N) is 1. The van der Waals surface area contributed by atoms with Crippen molar-refractivity contribution < 1.29 is 4.79 Å². The van der Waals surface area contributed by atoms with E-state index in [9.17, 15) is 4.79 Å². The van der Waals surface area contributed by atoms with E-state index in [1.807, 2.05) is 12.1 Å². The maximum atomic E-state index is 12.0. The first kappa shape index (κ1) is 16.1. The standard InChI is InChI=1S/C19H29NO/c1-3-15(2)17-10-12-18(13-11-17)20-19(21)14-9-16-7-5-4-6-8-16/h10-13,15-16H,3-9,14H2,1-2H3,(H,20,21). The lowest BCUT2D eigenvalue weighted by molar-refractivity contribution is -0.116. The van der Waals surface area contributed by atoms with Crippen LogP contribution in [0.4, 0.5) is 5.69 Å². The quantitative estimate of drug-likeness (QED) is 0.735. The van der Waals surface area contributed by atoms with Gasteiger partial charge in [0.15, 0.2) is 0 Å². The van der Waals surface area contributed by atoms with Crippen LogP contribution < -0.4 is 5.32 Å². The van der Waals surface area contributed by atoms with Gasteiger partial charge in [0.25, 0.3) is 0 Å². The minimum Gasteiger partial charge on any atom is -0.326 e. The van der Waals surface area contributed by atoms with Gasteiger partial charge in [-0.15, -0.1) is 0 Å². The Labute approximate surface area is 129 Å².